The molecule has 3 nitrogen and oxygen atoms in total. The molecular formula is C16H14LiNO2S. The number of aryl methyl sites for hydroxylation is 1. The van der Waals surface area contributed by atoms with Gasteiger partial charge in [0.1, 0.15) is 10.0 Å². The maximum atomic E-state index is 11.9. The van der Waals surface area contributed by atoms with Crippen LogP contribution in [0.2, 0.25) is 0 Å². The van der Waals surface area contributed by atoms with Gasteiger partial charge < -0.3 is 4.72 Å². The Labute approximate surface area is 138 Å². The molecule has 0 aliphatic heterocycles. The fourth-order valence-corrected chi connectivity index (χ4v) is 2.43. The molecule has 0 saturated carbocycles. The van der Waals surface area contributed by atoms with Gasteiger partial charge >= 0.3 is 18.9 Å². The Bertz CT molecular complexity index is 729. The van der Waals surface area contributed by atoms with Crippen molar-refractivity contribution < 1.29 is 27.3 Å². The monoisotopic (exact) mass is 291 g/mol. The van der Waals surface area contributed by atoms with Gasteiger partial charge in [-0.1, -0.05) is 48.4 Å². The first-order valence-electron chi connectivity index (χ1n) is 6.12. The standard InChI is InChI=1S/C16H14NO2S.Li/c1-14-9-11-16(12-10-14)20(18,19)17-13-5-8-15-6-3-2-4-7-15;/h2-4,6-7,9-12H,13H2,1H3;/q-1;+1. The number of hydrogen-bond acceptors (Lipinski definition) is 2. The fraction of sp³-hybridized carbons (Fsp3) is 0.125. The predicted molar refractivity (Wildman–Crippen MR) is 79.9 cm³/mol. The van der Waals surface area contributed by atoms with Crippen LogP contribution in [0.25, 0.3) is 4.72 Å². The molecule has 0 aromatic heterocycles. The summed E-state index contributed by atoms with van der Waals surface area (Å²) in [5.74, 6) is 5.61. The van der Waals surface area contributed by atoms with Crippen LogP contribution in [-0.4, -0.2) is 15.0 Å². The van der Waals surface area contributed by atoms with Crippen LogP contribution in [0, 0.1) is 18.8 Å². The Morgan fingerprint density at radius 3 is 2.24 bits per heavy atom. The number of nitrogens with zero attached hydrogens (tertiary/aromatic N) is 1. The van der Waals surface area contributed by atoms with E-state index in [0.29, 0.717) is 0 Å². The molecule has 2 rings (SSSR count). The molecule has 2 aromatic rings. The first-order valence-corrected chi connectivity index (χ1v) is 7.56. The van der Waals surface area contributed by atoms with Gasteiger partial charge in [0.15, 0.2) is 0 Å². The molecule has 5 heteroatoms. The Hall–Kier alpha value is -1.49. The van der Waals surface area contributed by atoms with Crippen molar-refractivity contribution in [3.05, 3.63) is 70.4 Å². The first-order chi connectivity index (χ1) is 9.58. The zero-order chi connectivity index (χ0) is 14.4. The third-order valence-corrected chi connectivity index (χ3v) is 3.98. The van der Waals surface area contributed by atoms with Gasteiger partial charge in [-0.05, 0) is 31.2 Å². The average Bonchev–Trinajstić information content (AvgIpc) is 2.45. The third kappa shape index (κ3) is 5.42. The van der Waals surface area contributed by atoms with E-state index in [4.69, 9.17) is 0 Å². The molecule has 102 valence electrons. The minimum atomic E-state index is -3.61. The zero-order valence-electron chi connectivity index (χ0n) is 12.1. The van der Waals surface area contributed by atoms with Crippen molar-refractivity contribution >= 4 is 10.0 Å². The van der Waals surface area contributed by atoms with Crippen LogP contribution in [0.15, 0.2) is 59.5 Å². The maximum absolute atomic E-state index is 11.9. The van der Waals surface area contributed by atoms with E-state index in [1.807, 2.05) is 37.3 Å². The van der Waals surface area contributed by atoms with Crippen LogP contribution in [0.3, 0.4) is 0 Å². The van der Waals surface area contributed by atoms with E-state index in [1.165, 1.54) is 0 Å². The Balaban J connectivity index is 0.00000220. The second-order valence-electron chi connectivity index (χ2n) is 4.24. The van der Waals surface area contributed by atoms with Crippen LogP contribution < -0.4 is 18.9 Å². The van der Waals surface area contributed by atoms with Crippen molar-refractivity contribution in [3.63, 3.8) is 0 Å². The van der Waals surface area contributed by atoms with Crippen molar-refractivity contribution in [1.82, 2.24) is 0 Å². The van der Waals surface area contributed by atoms with Crippen molar-refractivity contribution in [1.29, 1.82) is 0 Å². The number of sulfonamides is 1. The molecule has 0 unspecified atom stereocenters. The summed E-state index contributed by atoms with van der Waals surface area (Å²) in [6.45, 7) is 1.87. The Morgan fingerprint density at radius 1 is 1.00 bits per heavy atom. The van der Waals surface area contributed by atoms with Gasteiger partial charge in [0.05, 0.1) is 0 Å². The van der Waals surface area contributed by atoms with Crippen LogP contribution in [0.5, 0.6) is 0 Å². The summed E-state index contributed by atoms with van der Waals surface area (Å²) >= 11 is 0. The van der Waals surface area contributed by atoms with Crippen molar-refractivity contribution in [3.8, 4) is 11.8 Å². The van der Waals surface area contributed by atoms with Gasteiger partial charge in [-0.25, -0.2) is 8.42 Å². The maximum Gasteiger partial charge on any atom is 1.00 e. The molecule has 0 fully saturated rings. The van der Waals surface area contributed by atoms with Gasteiger partial charge in [-0.2, -0.15) is 0 Å². The van der Waals surface area contributed by atoms with Gasteiger partial charge in [0, 0.05) is 10.5 Å². The van der Waals surface area contributed by atoms with Crippen LogP contribution in [0.4, 0.5) is 0 Å². The van der Waals surface area contributed by atoms with E-state index in [9.17, 15) is 8.42 Å². The number of benzene rings is 2. The molecule has 0 heterocycles. The third-order valence-electron chi connectivity index (χ3n) is 2.64. The molecule has 2 aromatic carbocycles. The molecule has 0 saturated heterocycles. The number of rotatable bonds is 3. The fourth-order valence-electron chi connectivity index (χ4n) is 1.57. The van der Waals surface area contributed by atoms with Gasteiger partial charge in [-0.15, -0.1) is 5.92 Å². The summed E-state index contributed by atoms with van der Waals surface area (Å²) < 4.78 is 27.5. The molecule has 0 bridgehead atoms. The van der Waals surface area contributed by atoms with E-state index in [1.54, 1.807) is 24.3 Å². The molecule has 0 amide bonds. The van der Waals surface area contributed by atoms with Gasteiger partial charge in [0.25, 0.3) is 0 Å². The molecule has 21 heavy (non-hydrogen) atoms. The molecule has 0 aliphatic rings. The van der Waals surface area contributed by atoms with E-state index >= 15 is 0 Å². The molecular weight excluding hydrogens is 277 g/mol. The van der Waals surface area contributed by atoms with E-state index in [0.717, 1.165) is 11.1 Å². The minimum Gasteiger partial charge on any atom is -0.534 e. The Morgan fingerprint density at radius 2 is 1.62 bits per heavy atom. The van der Waals surface area contributed by atoms with Crippen LogP contribution in [0.1, 0.15) is 11.1 Å². The smallest absolute Gasteiger partial charge is 0.534 e. The SMILES string of the molecule is Cc1ccc(S(=O)(=O)[N-]CC#Cc2ccccc2)cc1.[Li+]. The van der Waals surface area contributed by atoms with E-state index in [2.05, 4.69) is 16.6 Å². The summed E-state index contributed by atoms with van der Waals surface area (Å²) in [4.78, 5) is 0.199. The summed E-state index contributed by atoms with van der Waals surface area (Å²) in [5, 5.41) is 0. The largest absolute Gasteiger partial charge is 1.00 e. The summed E-state index contributed by atoms with van der Waals surface area (Å²) in [5.41, 5.74) is 1.85. The van der Waals surface area contributed by atoms with E-state index in [-0.39, 0.29) is 30.3 Å². The molecule has 0 N–H and O–H groups in total. The van der Waals surface area contributed by atoms with Crippen LogP contribution >= 0.6 is 0 Å². The molecule has 0 spiro atoms. The molecule has 0 aliphatic carbocycles. The minimum absolute atomic E-state index is 0. The second kappa shape index (κ2) is 8.07. The summed E-state index contributed by atoms with van der Waals surface area (Å²) in [7, 11) is -3.61. The molecule has 0 radical (unpaired) electrons. The Kier molecular flexibility index (Phi) is 6.75. The first kappa shape index (κ1) is 17.6. The summed E-state index contributed by atoms with van der Waals surface area (Å²) in [6, 6.07) is 16.0. The predicted octanol–water partition coefficient (Wildman–Crippen LogP) is 0.113. The average molecular weight is 291 g/mol. The number of hydrogen-bond donors (Lipinski definition) is 0. The van der Waals surface area contributed by atoms with Crippen molar-refractivity contribution in [2.45, 2.75) is 11.8 Å². The molecule has 0 atom stereocenters. The topological polar surface area (TPSA) is 48.2 Å². The van der Waals surface area contributed by atoms with Crippen LogP contribution in [-0.2, 0) is 10.0 Å². The quantitative estimate of drug-likeness (QED) is 0.595. The van der Waals surface area contributed by atoms with Gasteiger partial charge in [-0.3, -0.25) is 0 Å². The zero-order valence-corrected chi connectivity index (χ0v) is 12.9. The van der Waals surface area contributed by atoms with Crippen molar-refractivity contribution in [2.24, 2.45) is 0 Å². The summed E-state index contributed by atoms with van der Waals surface area (Å²) in [6.07, 6.45) is 0. The second-order valence-corrected chi connectivity index (χ2v) is 5.92. The van der Waals surface area contributed by atoms with E-state index < -0.39 is 10.0 Å². The van der Waals surface area contributed by atoms with Gasteiger partial charge in [0.2, 0.25) is 0 Å². The van der Waals surface area contributed by atoms with Crippen molar-refractivity contribution in [2.75, 3.05) is 6.54 Å². The normalized spacial score (nSPS) is 10.1.